The number of amides is 2. The van der Waals surface area contributed by atoms with E-state index in [0.29, 0.717) is 5.92 Å². The topological polar surface area (TPSA) is 49.4 Å². The van der Waals surface area contributed by atoms with Crippen LogP contribution < -0.4 is 5.32 Å². The van der Waals surface area contributed by atoms with Crippen molar-refractivity contribution < 1.29 is 9.59 Å². The second-order valence-electron chi connectivity index (χ2n) is 4.92. The van der Waals surface area contributed by atoms with Crippen LogP contribution in [-0.2, 0) is 9.59 Å². The molecule has 1 aliphatic rings. The van der Waals surface area contributed by atoms with Gasteiger partial charge in [-0.2, -0.15) is 0 Å². The first kappa shape index (κ1) is 14.0. The highest BCUT2D eigenvalue weighted by Crippen LogP contribution is 2.16. The van der Waals surface area contributed by atoms with E-state index in [1.165, 1.54) is 12.8 Å². The standard InChI is InChI=1S/C13H24N2O2/c1-4-6-7-11(5-2)8-15-9-12(16)14-10(3)13(15)17/h10-11H,4-9H2,1-3H3,(H,14,16). The number of unbranched alkanes of at least 4 members (excludes halogenated alkanes) is 1. The summed E-state index contributed by atoms with van der Waals surface area (Å²) >= 11 is 0. The summed E-state index contributed by atoms with van der Waals surface area (Å²) in [6.07, 6.45) is 4.59. The molecule has 1 N–H and O–H groups in total. The fourth-order valence-corrected chi connectivity index (χ4v) is 2.26. The van der Waals surface area contributed by atoms with Gasteiger partial charge in [-0.1, -0.05) is 33.1 Å². The summed E-state index contributed by atoms with van der Waals surface area (Å²) < 4.78 is 0. The zero-order valence-electron chi connectivity index (χ0n) is 11.2. The van der Waals surface area contributed by atoms with Crippen LogP contribution >= 0.6 is 0 Å². The van der Waals surface area contributed by atoms with Gasteiger partial charge in [0, 0.05) is 6.54 Å². The Kier molecular flexibility index (Phi) is 5.45. The Hall–Kier alpha value is -1.06. The van der Waals surface area contributed by atoms with Crippen LogP contribution in [-0.4, -0.2) is 35.8 Å². The van der Waals surface area contributed by atoms with Gasteiger partial charge in [-0.05, 0) is 19.3 Å². The van der Waals surface area contributed by atoms with E-state index in [1.54, 1.807) is 11.8 Å². The maximum Gasteiger partial charge on any atom is 0.245 e. The molecule has 0 spiro atoms. The third-order valence-corrected chi connectivity index (χ3v) is 3.42. The third-order valence-electron chi connectivity index (χ3n) is 3.42. The van der Waals surface area contributed by atoms with Crippen LogP contribution in [0.4, 0.5) is 0 Å². The molecule has 2 atom stereocenters. The van der Waals surface area contributed by atoms with Crippen molar-refractivity contribution in [2.24, 2.45) is 5.92 Å². The van der Waals surface area contributed by atoms with Gasteiger partial charge in [0.2, 0.25) is 11.8 Å². The minimum atomic E-state index is -0.361. The number of hydrogen-bond acceptors (Lipinski definition) is 2. The molecule has 1 fully saturated rings. The van der Waals surface area contributed by atoms with Gasteiger partial charge in [0.1, 0.15) is 6.04 Å². The summed E-state index contributed by atoms with van der Waals surface area (Å²) in [5.74, 6) is 0.541. The maximum absolute atomic E-state index is 11.9. The molecule has 0 radical (unpaired) electrons. The van der Waals surface area contributed by atoms with Crippen LogP contribution in [0.1, 0.15) is 46.5 Å². The number of hydrogen-bond donors (Lipinski definition) is 1. The molecule has 1 saturated heterocycles. The van der Waals surface area contributed by atoms with Gasteiger partial charge in [-0.25, -0.2) is 0 Å². The quantitative estimate of drug-likeness (QED) is 0.766. The molecule has 0 aromatic rings. The lowest BCUT2D eigenvalue weighted by molar-refractivity contribution is -0.144. The fourth-order valence-electron chi connectivity index (χ4n) is 2.26. The molecule has 0 aliphatic carbocycles. The van der Waals surface area contributed by atoms with Crippen molar-refractivity contribution in [3.05, 3.63) is 0 Å². The molecular formula is C13H24N2O2. The number of nitrogens with zero attached hydrogens (tertiary/aromatic N) is 1. The molecule has 0 aromatic heterocycles. The molecule has 98 valence electrons. The number of nitrogens with one attached hydrogen (secondary N) is 1. The van der Waals surface area contributed by atoms with Crippen molar-refractivity contribution in [3.8, 4) is 0 Å². The van der Waals surface area contributed by atoms with Crippen molar-refractivity contribution >= 4 is 11.8 Å². The lowest BCUT2D eigenvalue weighted by Gasteiger charge is -2.33. The average molecular weight is 240 g/mol. The Morgan fingerprint density at radius 2 is 2.12 bits per heavy atom. The van der Waals surface area contributed by atoms with Crippen LogP contribution in [0.3, 0.4) is 0 Å². The van der Waals surface area contributed by atoms with E-state index in [0.717, 1.165) is 19.4 Å². The fraction of sp³-hybridized carbons (Fsp3) is 0.846. The van der Waals surface area contributed by atoms with E-state index < -0.39 is 0 Å². The smallest absolute Gasteiger partial charge is 0.245 e. The molecule has 2 unspecified atom stereocenters. The van der Waals surface area contributed by atoms with Gasteiger partial charge in [0.05, 0.1) is 6.54 Å². The summed E-state index contributed by atoms with van der Waals surface area (Å²) in [4.78, 5) is 25.0. The van der Waals surface area contributed by atoms with Crippen LogP contribution in [0, 0.1) is 5.92 Å². The molecular weight excluding hydrogens is 216 g/mol. The predicted molar refractivity (Wildman–Crippen MR) is 67.5 cm³/mol. The van der Waals surface area contributed by atoms with Crippen molar-refractivity contribution in [1.29, 1.82) is 0 Å². The number of carbonyl (C=O) groups is 2. The van der Waals surface area contributed by atoms with Crippen LogP contribution in [0.15, 0.2) is 0 Å². The van der Waals surface area contributed by atoms with Crippen LogP contribution in [0.25, 0.3) is 0 Å². The minimum Gasteiger partial charge on any atom is -0.343 e. The molecule has 0 saturated carbocycles. The van der Waals surface area contributed by atoms with Crippen molar-refractivity contribution in [2.75, 3.05) is 13.1 Å². The molecule has 2 amide bonds. The molecule has 1 heterocycles. The van der Waals surface area contributed by atoms with E-state index in [-0.39, 0.29) is 24.4 Å². The van der Waals surface area contributed by atoms with Crippen LogP contribution in [0.2, 0.25) is 0 Å². The second-order valence-corrected chi connectivity index (χ2v) is 4.92. The van der Waals surface area contributed by atoms with E-state index in [1.807, 2.05) is 0 Å². The van der Waals surface area contributed by atoms with Gasteiger partial charge in [0.15, 0.2) is 0 Å². The van der Waals surface area contributed by atoms with Crippen LogP contribution in [0.5, 0.6) is 0 Å². The Morgan fingerprint density at radius 1 is 1.41 bits per heavy atom. The summed E-state index contributed by atoms with van der Waals surface area (Å²) in [7, 11) is 0. The third kappa shape index (κ3) is 4.02. The first-order valence-corrected chi connectivity index (χ1v) is 6.66. The Morgan fingerprint density at radius 3 is 2.71 bits per heavy atom. The SMILES string of the molecule is CCCCC(CC)CN1CC(=O)NC(C)C1=O. The molecule has 0 bridgehead atoms. The van der Waals surface area contributed by atoms with Gasteiger partial charge in [-0.15, -0.1) is 0 Å². The van der Waals surface area contributed by atoms with Gasteiger partial charge >= 0.3 is 0 Å². The van der Waals surface area contributed by atoms with E-state index in [4.69, 9.17) is 0 Å². The largest absolute Gasteiger partial charge is 0.343 e. The molecule has 1 rings (SSSR count). The summed E-state index contributed by atoms with van der Waals surface area (Å²) in [6, 6.07) is -0.361. The van der Waals surface area contributed by atoms with E-state index in [9.17, 15) is 9.59 Å². The predicted octanol–water partition coefficient (Wildman–Crippen LogP) is 1.55. The van der Waals surface area contributed by atoms with Crippen molar-refractivity contribution in [1.82, 2.24) is 10.2 Å². The Labute approximate surface area is 104 Å². The normalized spacial score (nSPS) is 22.5. The highest BCUT2D eigenvalue weighted by atomic mass is 16.2. The van der Waals surface area contributed by atoms with Gasteiger partial charge in [-0.3, -0.25) is 9.59 Å². The van der Waals surface area contributed by atoms with E-state index in [2.05, 4.69) is 19.2 Å². The van der Waals surface area contributed by atoms with Gasteiger partial charge < -0.3 is 10.2 Å². The average Bonchev–Trinajstić information content (AvgIpc) is 2.30. The van der Waals surface area contributed by atoms with Crippen molar-refractivity contribution in [2.45, 2.75) is 52.5 Å². The lowest BCUT2D eigenvalue weighted by atomic mass is 9.98. The molecule has 0 aromatic carbocycles. The molecule has 4 heteroatoms. The number of rotatable bonds is 6. The molecule has 4 nitrogen and oxygen atoms in total. The monoisotopic (exact) mass is 240 g/mol. The second kappa shape index (κ2) is 6.62. The molecule has 17 heavy (non-hydrogen) atoms. The first-order valence-electron chi connectivity index (χ1n) is 6.66. The maximum atomic E-state index is 11.9. The highest BCUT2D eigenvalue weighted by molar-refractivity contribution is 5.94. The minimum absolute atomic E-state index is 0.0394. The number of carbonyl (C=O) groups excluding carboxylic acids is 2. The van der Waals surface area contributed by atoms with Crippen molar-refractivity contribution in [3.63, 3.8) is 0 Å². The zero-order valence-corrected chi connectivity index (χ0v) is 11.2. The summed E-state index contributed by atoms with van der Waals surface area (Å²) in [6.45, 7) is 7.03. The lowest BCUT2D eigenvalue weighted by Crippen LogP contribution is -2.57. The summed E-state index contributed by atoms with van der Waals surface area (Å²) in [5, 5.41) is 2.66. The zero-order chi connectivity index (χ0) is 12.8. The Balaban J connectivity index is 2.52. The first-order chi connectivity index (χ1) is 8.08. The number of piperazine rings is 1. The summed E-state index contributed by atoms with van der Waals surface area (Å²) in [5.41, 5.74) is 0. The van der Waals surface area contributed by atoms with Gasteiger partial charge in [0.25, 0.3) is 0 Å². The van der Waals surface area contributed by atoms with E-state index >= 15 is 0 Å². The molecule has 1 aliphatic heterocycles. The Bertz CT molecular complexity index is 279. The highest BCUT2D eigenvalue weighted by Gasteiger charge is 2.30.